The molecule has 3 heteroatoms. The molecule has 4 rings (SSSR count). The third-order valence-corrected chi connectivity index (χ3v) is 5.84. The van der Waals surface area contributed by atoms with Crippen LogP contribution in [0.15, 0.2) is 42.5 Å². The van der Waals surface area contributed by atoms with Crippen LogP contribution < -0.4 is 0 Å². The monoisotopic (exact) mass is 309 g/mol. The number of Topliss-reactive ketones (excluding diaryl/α,β-unsaturated/α-hetero) is 1. The molecule has 2 aromatic rings. The molecule has 23 heavy (non-hydrogen) atoms. The first-order chi connectivity index (χ1) is 11.2. The van der Waals surface area contributed by atoms with Gasteiger partial charge < -0.3 is 5.11 Å². The lowest BCUT2D eigenvalue weighted by atomic mass is 9.73. The standard InChI is InChI=1S/C20H23NO2/c1-21-14-8-5-11-17(21)19(18(22)12-14)20(23)16-10-4-7-13-6-2-3-9-15(13)16/h2-4,6-7,9-10,14,17,19-20,23H,5,8,11-12H2,1H3/t14-,17+,19+,20-/m0/s1. The van der Waals surface area contributed by atoms with E-state index in [1.807, 2.05) is 30.3 Å². The predicted molar refractivity (Wildman–Crippen MR) is 91.2 cm³/mol. The van der Waals surface area contributed by atoms with Crippen molar-refractivity contribution in [2.75, 3.05) is 7.05 Å². The normalized spacial score (nSPS) is 29.7. The minimum atomic E-state index is -0.722. The summed E-state index contributed by atoms with van der Waals surface area (Å²) in [5.74, 6) is -0.0689. The lowest BCUT2D eigenvalue weighted by molar-refractivity contribution is -0.140. The van der Waals surface area contributed by atoms with Crippen molar-refractivity contribution < 1.29 is 9.90 Å². The van der Waals surface area contributed by atoms with Crippen LogP contribution in [0, 0.1) is 5.92 Å². The number of hydrogen-bond donors (Lipinski definition) is 1. The van der Waals surface area contributed by atoms with Crippen LogP contribution in [0.1, 0.15) is 37.4 Å². The van der Waals surface area contributed by atoms with Crippen LogP contribution in [-0.2, 0) is 4.79 Å². The molecule has 2 heterocycles. The van der Waals surface area contributed by atoms with Crippen LogP contribution in [0.4, 0.5) is 0 Å². The number of aliphatic hydroxyl groups is 1. The van der Waals surface area contributed by atoms with Gasteiger partial charge in [0.05, 0.1) is 12.0 Å². The molecule has 2 saturated heterocycles. The van der Waals surface area contributed by atoms with Crippen molar-refractivity contribution >= 4 is 16.6 Å². The molecule has 0 spiro atoms. The van der Waals surface area contributed by atoms with Gasteiger partial charge in [0.1, 0.15) is 5.78 Å². The van der Waals surface area contributed by atoms with Crippen LogP contribution in [0.25, 0.3) is 10.8 Å². The minimum Gasteiger partial charge on any atom is -0.388 e. The Bertz CT molecular complexity index is 736. The van der Waals surface area contributed by atoms with Crippen molar-refractivity contribution in [2.24, 2.45) is 5.92 Å². The molecule has 0 amide bonds. The molecule has 0 radical (unpaired) electrons. The van der Waals surface area contributed by atoms with Gasteiger partial charge in [-0.15, -0.1) is 0 Å². The number of carbonyl (C=O) groups is 1. The highest BCUT2D eigenvalue weighted by Gasteiger charge is 2.46. The number of piperidine rings is 2. The van der Waals surface area contributed by atoms with E-state index in [0.29, 0.717) is 12.5 Å². The number of carbonyl (C=O) groups excluding carboxylic acids is 1. The molecule has 0 aromatic heterocycles. The predicted octanol–water partition coefficient (Wildman–Crippen LogP) is 3.32. The fourth-order valence-corrected chi connectivity index (χ4v) is 4.59. The lowest BCUT2D eigenvalue weighted by Crippen LogP contribution is -2.56. The van der Waals surface area contributed by atoms with Gasteiger partial charge in [-0.05, 0) is 36.2 Å². The van der Waals surface area contributed by atoms with Gasteiger partial charge in [0.15, 0.2) is 0 Å². The van der Waals surface area contributed by atoms with Gasteiger partial charge in [-0.3, -0.25) is 9.69 Å². The average Bonchev–Trinajstić information content (AvgIpc) is 2.56. The summed E-state index contributed by atoms with van der Waals surface area (Å²) in [6.45, 7) is 0. The molecule has 2 fully saturated rings. The average molecular weight is 309 g/mol. The second-order valence-electron chi connectivity index (χ2n) is 7.03. The second kappa shape index (κ2) is 5.73. The molecular weight excluding hydrogens is 286 g/mol. The first kappa shape index (κ1) is 14.9. The Morgan fingerprint density at radius 1 is 1.13 bits per heavy atom. The Hall–Kier alpha value is -1.71. The van der Waals surface area contributed by atoms with Crippen molar-refractivity contribution in [3.63, 3.8) is 0 Å². The summed E-state index contributed by atoms with van der Waals surface area (Å²) < 4.78 is 0. The maximum Gasteiger partial charge on any atom is 0.142 e. The molecule has 0 unspecified atom stereocenters. The smallest absolute Gasteiger partial charge is 0.142 e. The lowest BCUT2D eigenvalue weighted by Gasteiger charge is -2.48. The molecule has 2 aromatic carbocycles. The number of rotatable bonds is 2. The van der Waals surface area contributed by atoms with Crippen molar-refractivity contribution in [3.05, 3.63) is 48.0 Å². The van der Waals surface area contributed by atoms with Crippen molar-refractivity contribution in [2.45, 2.75) is 43.9 Å². The van der Waals surface area contributed by atoms with Gasteiger partial charge >= 0.3 is 0 Å². The molecule has 1 N–H and O–H groups in total. The third-order valence-electron chi connectivity index (χ3n) is 5.84. The zero-order valence-electron chi connectivity index (χ0n) is 13.5. The highest BCUT2D eigenvalue weighted by Crippen LogP contribution is 2.41. The summed E-state index contributed by atoms with van der Waals surface area (Å²) in [6.07, 6.45) is 3.13. The van der Waals surface area contributed by atoms with Gasteiger partial charge in [-0.2, -0.15) is 0 Å². The van der Waals surface area contributed by atoms with Gasteiger partial charge in [-0.25, -0.2) is 0 Å². The largest absolute Gasteiger partial charge is 0.388 e. The first-order valence-corrected chi connectivity index (χ1v) is 8.57. The zero-order valence-corrected chi connectivity index (χ0v) is 13.5. The van der Waals surface area contributed by atoms with Gasteiger partial charge in [-0.1, -0.05) is 48.9 Å². The van der Waals surface area contributed by atoms with Gasteiger partial charge in [0, 0.05) is 18.5 Å². The SMILES string of the molecule is CN1[C@H]2CCC[C@@H]1[C@@H]([C@@H](O)c1cccc3ccccc13)C(=O)C2. The number of aliphatic hydroxyl groups excluding tert-OH is 1. The van der Waals surface area contributed by atoms with E-state index >= 15 is 0 Å². The Morgan fingerprint density at radius 3 is 2.78 bits per heavy atom. The van der Waals surface area contributed by atoms with E-state index in [1.165, 1.54) is 0 Å². The number of nitrogens with zero attached hydrogens (tertiary/aromatic N) is 1. The zero-order chi connectivity index (χ0) is 16.0. The van der Waals surface area contributed by atoms with Crippen molar-refractivity contribution in [1.29, 1.82) is 0 Å². The number of hydrogen-bond acceptors (Lipinski definition) is 3. The molecule has 0 saturated carbocycles. The maximum atomic E-state index is 12.7. The van der Waals surface area contributed by atoms with Gasteiger partial charge in [0.25, 0.3) is 0 Å². The minimum absolute atomic E-state index is 0.170. The van der Waals surface area contributed by atoms with E-state index in [4.69, 9.17) is 0 Å². The van der Waals surface area contributed by atoms with Crippen LogP contribution >= 0.6 is 0 Å². The van der Waals surface area contributed by atoms with Crippen molar-refractivity contribution in [3.8, 4) is 0 Å². The quantitative estimate of drug-likeness (QED) is 0.925. The molecule has 2 aliphatic rings. The van der Waals surface area contributed by atoms with E-state index in [2.05, 4.69) is 24.1 Å². The molecule has 2 aliphatic heterocycles. The summed E-state index contributed by atoms with van der Waals surface area (Å²) in [6, 6.07) is 14.6. The molecule has 0 aliphatic carbocycles. The highest BCUT2D eigenvalue weighted by molar-refractivity contribution is 5.88. The maximum absolute atomic E-state index is 12.7. The topological polar surface area (TPSA) is 40.5 Å². The van der Waals surface area contributed by atoms with E-state index in [1.54, 1.807) is 0 Å². The fourth-order valence-electron chi connectivity index (χ4n) is 4.59. The van der Waals surface area contributed by atoms with E-state index < -0.39 is 6.10 Å². The highest BCUT2D eigenvalue weighted by atomic mass is 16.3. The van der Waals surface area contributed by atoms with Crippen LogP contribution in [-0.4, -0.2) is 34.9 Å². The summed E-state index contributed by atoms with van der Waals surface area (Å²) in [5.41, 5.74) is 0.888. The van der Waals surface area contributed by atoms with E-state index in [9.17, 15) is 9.90 Å². The van der Waals surface area contributed by atoms with Crippen LogP contribution in [0.2, 0.25) is 0 Å². The molecule has 3 nitrogen and oxygen atoms in total. The molecular formula is C20H23NO2. The molecule has 2 bridgehead atoms. The Morgan fingerprint density at radius 2 is 1.91 bits per heavy atom. The summed E-state index contributed by atoms with van der Waals surface area (Å²) in [4.78, 5) is 15.1. The van der Waals surface area contributed by atoms with Gasteiger partial charge in [0.2, 0.25) is 0 Å². The number of ketones is 1. The summed E-state index contributed by atoms with van der Waals surface area (Å²) in [5, 5.41) is 13.3. The Balaban J connectivity index is 1.75. The Kier molecular flexibility index (Phi) is 3.70. The first-order valence-electron chi connectivity index (χ1n) is 8.57. The second-order valence-corrected chi connectivity index (χ2v) is 7.03. The van der Waals surface area contributed by atoms with Crippen molar-refractivity contribution in [1.82, 2.24) is 4.90 Å². The third kappa shape index (κ3) is 2.39. The van der Waals surface area contributed by atoms with Crippen LogP contribution in [0.3, 0.4) is 0 Å². The summed E-state index contributed by atoms with van der Waals surface area (Å²) >= 11 is 0. The van der Waals surface area contributed by atoms with E-state index in [0.717, 1.165) is 35.6 Å². The fraction of sp³-hybridized carbons (Fsp3) is 0.450. The summed E-state index contributed by atoms with van der Waals surface area (Å²) in [7, 11) is 2.11. The van der Waals surface area contributed by atoms with Crippen LogP contribution in [0.5, 0.6) is 0 Å². The number of benzene rings is 2. The van der Waals surface area contributed by atoms with E-state index in [-0.39, 0.29) is 17.7 Å². The molecule has 120 valence electrons. The molecule has 4 atom stereocenters. The number of fused-ring (bicyclic) bond motifs is 3. The Labute approximate surface area is 136 Å².